The summed E-state index contributed by atoms with van der Waals surface area (Å²) in [6.45, 7) is 4.25. The predicted molar refractivity (Wildman–Crippen MR) is 131 cm³/mol. The van der Waals surface area contributed by atoms with Gasteiger partial charge in [0.2, 0.25) is 0 Å². The Morgan fingerprint density at radius 2 is 1.91 bits per heavy atom. The van der Waals surface area contributed by atoms with Gasteiger partial charge in [0.15, 0.2) is 0 Å². The van der Waals surface area contributed by atoms with Gasteiger partial charge < -0.3 is 20.3 Å². The van der Waals surface area contributed by atoms with Crippen molar-refractivity contribution >= 4 is 16.7 Å². The molecule has 1 saturated heterocycles. The van der Waals surface area contributed by atoms with Crippen molar-refractivity contribution in [3.63, 3.8) is 0 Å². The first-order valence-electron chi connectivity index (χ1n) is 12.2. The SMILES string of the molecule is CNc1ccc2c(nc(Cc3ccccc3)n2C2CCC3(CC2)CNC3)c1CCC(C)O. The molecule has 3 aromatic rings. The van der Waals surface area contributed by atoms with E-state index in [2.05, 4.69) is 57.7 Å². The van der Waals surface area contributed by atoms with Crippen LogP contribution in [0.4, 0.5) is 5.69 Å². The Morgan fingerprint density at radius 3 is 2.53 bits per heavy atom. The lowest BCUT2D eigenvalue weighted by Gasteiger charge is -2.47. The Kier molecular flexibility index (Phi) is 5.95. The Labute approximate surface area is 191 Å². The third-order valence-corrected chi connectivity index (χ3v) is 7.71. The smallest absolute Gasteiger partial charge is 0.114 e. The minimum atomic E-state index is -0.313. The molecule has 3 N–H and O–H groups in total. The topological polar surface area (TPSA) is 62.1 Å². The lowest BCUT2D eigenvalue weighted by Crippen LogP contribution is -2.54. The Morgan fingerprint density at radius 1 is 1.16 bits per heavy atom. The molecular formula is C27H36N4O. The third-order valence-electron chi connectivity index (χ3n) is 7.71. The van der Waals surface area contributed by atoms with Crippen molar-refractivity contribution in [1.82, 2.24) is 14.9 Å². The highest BCUT2D eigenvalue weighted by atomic mass is 16.3. The summed E-state index contributed by atoms with van der Waals surface area (Å²) in [7, 11) is 1.97. The summed E-state index contributed by atoms with van der Waals surface area (Å²) in [5.41, 5.74) is 6.57. The number of aryl methyl sites for hydroxylation is 1. The van der Waals surface area contributed by atoms with E-state index < -0.39 is 0 Å². The lowest BCUT2D eigenvalue weighted by molar-refractivity contribution is 0.0845. The number of hydrogen-bond acceptors (Lipinski definition) is 4. The van der Waals surface area contributed by atoms with Gasteiger partial charge in [-0.3, -0.25) is 0 Å². The van der Waals surface area contributed by atoms with Gasteiger partial charge in [0.05, 0.1) is 17.1 Å². The van der Waals surface area contributed by atoms with Gasteiger partial charge in [-0.1, -0.05) is 30.3 Å². The molecule has 0 bridgehead atoms. The number of aliphatic hydroxyl groups excluding tert-OH is 1. The van der Waals surface area contributed by atoms with Gasteiger partial charge in [-0.25, -0.2) is 4.98 Å². The number of aliphatic hydroxyl groups is 1. The molecule has 32 heavy (non-hydrogen) atoms. The fourth-order valence-electron chi connectivity index (χ4n) is 5.72. The Hall–Kier alpha value is -2.37. The minimum absolute atomic E-state index is 0.313. The molecule has 2 aliphatic rings. The number of rotatable bonds is 7. The summed E-state index contributed by atoms with van der Waals surface area (Å²) >= 11 is 0. The lowest BCUT2D eigenvalue weighted by atomic mass is 9.68. The summed E-state index contributed by atoms with van der Waals surface area (Å²) in [6.07, 6.45) is 7.17. The monoisotopic (exact) mass is 432 g/mol. The molecular weight excluding hydrogens is 396 g/mol. The van der Waals surface area contributed by atoms with E-state index in [1.54, 1.807) is 0 Å². The van der Waals surface area contributed by atoms with Crippen molar-refractivity contribution < 1.29 is 5.11 Å². The summed E-state index contributed by atoms with van der Waals surface area (Å²) in [5, 5.41) is 16.8. The maximum absolute atomic E-state index is 9.93. The van der Waals surface area contributed by atoms with Crippen LogP contribution in [0, 0.1) is 5.41 Å². The van der Waals surface area contributed by atoms with Crippen molar-refractivity contribution in [2.75, 3.05) is 25.5 Å². The van der Waals surface area contributed by atoms with Gasteiger partial charge in [0.25, 0.3) is 0 Å². The van der Waals surface area contributed by atoms with Crippen LogP contribution in [-0.4, -0.2) is 40.9 Å². The number of anilines is 1. The largest absolute Gasteiger partial charge is 0.393 e. The second-order valence-electron chi connectivity index (χ2n) is 9.99. The molecule has 1 aliphatic carbocycles. The Bertz CT molecular complexity index is 1060. The highest BCUT2D eigenvalue weighted by Gasteiger charge is 2.41. The highest BCUT2D eigenvalue weighted by Crippen LogP contribution is 2.45. The Balaban J connectivity index is 1.57. The van der Waals surface area contributed by atoms with E-state index in [-0.39, 0.29) is 6.10 Å². The zero-order valence-electron chi connectivity index (χ0n) is 19.4. The summed E-state index contributed by atoms with van der Waals surface area (Å²) in [6, 6.07) is 15.7. The van der Waals surface area contributed by atoms with Crippen molar-refractivity contribution in [3.05, 3.63) is 59.4 Å². The fourth-order valence-corrected chi connectivity index (χ4v) is 5.72. The molecule has 1 atom stereocenters. The molecule has 1 unspecified atom stereocenters. The first-order valence-corrected chi connectivity index (χ1v) is 12.2. The number of nitrogens with zero attached hydrogens (tertiary/aromatic N) is 2. The van der Waals surface area contributed by atoms with Crippen LogP contribution < -0.4 is 10.6 Å². The zero-order valence-corrected chi connectivity index (χ0v) is 19.4. The van der Waals surface area contributed by atoms with E-state index >= 15 is 0 Å². The fraction of sp³-hybridized carbons (Fsp3) is 0.519. The van der Waals surface area contributed by atoms with Crippen molar-refractivity contribution in [3.8, 4) is 0 Å². The van der Waals surface area contributed by atoms with Crippen molar-refractivity contribution in [1.29, 1.82) is 0 Å². The number of nitrogens with one attached hydrogen (secondary N) is 2. The van der Waals surface area contributed by atoms with Crippen LogP contribution in [0.15, 0.2) is 42.5 Å². The summed E-state index contributed by atoms with van der Waals surface area (Å²) < 4.78 is 2.56. The summed E-state index contributed by atoms with van der Waals surface area (Å²) in [4.78, 5) is 5.27. The van der Waals surface area contributed by atoms with E-state index in [0.29, 0.717) is 11.5 Å². The maximum Gasteiger partial charge on any atom is 0.114 e. The molecule has 1 saturated carbocycles. The normalized spacial score (nSPS) is 19.2. The van der Waals surface area contributed by atoms with Crippen LogP contribution in [0.5, 0.6) is 0 Å². The summed E-state index contributed by atoms with van der Waals surface area (Å²) in [5.74, 6) is 1.17. The van der Waals surface area contributed by atoms with Crippen molar-refractivity contribution in [2.45, 2.75) is 64.0 Å². The maximum atomic E-state index is 9.93. The van der Waals surface area contributed by atoms with Crippen LogP contribution in [0.2, 0.25) is 0 Å². The molecule has 1 aromatic heterocycles. The molecule has 2 heterocycles. The number of hydrogen-bond donors (Lipinski definition) is 3. The van der Waals surface area contributed by atoms with Crippen LogP contribution in [0.25, 0.3) is 11.0 Å². The molecule has 0 radical (unpaired) electrons. The number of imidazole rings is 1. The second kappa shape index (κ2) is 8.87. The molecule has 0 amide bonds. The molecule has 5 heteroatoms. The molecule has 2 fully saturated rings. The standard InChI is InChI=1S/C27H36N4O/c1-19(32)8-9-22-23(28-2)10-11-24-26(22)30-25(16-20-6-4-3-5-7-20)31(24)21-12-14-27(15-13-21)17-29-18-27/h3-7,10-11,19,21,28-29,32H,8-9,12-18H2,1-2H3. The van der Waals surface area contributed by atoms with Gasteiger partial charge in [-0.2, -0.15) is 0 Å². The first-order chi connectivity index (χ1) is 15.6. The van der Waals surface area contributed by atoms with Gasteiger partial charge in [-0.15, -0.1) is 0 Å². The second-order valence-corrected chi connectivity index (χ2v) is 9.99. The van der Waals surface area contributed by atoms with Crippen molar-refractivity contribution in [2.24, 2.45) is 5.41 Å². The van der Waals surface area contributed by atoms with Gasteiger partial charge in [0.1, 0.15) is 5.82 Å². The highest BCUT2D eigenvalue weighted by molar-refractivity contribution is 5.85. The molecule has 5 rings (SSSR count). The average molecular weight is 433 g/mol. The predicted octanol–water partition coefficient (Wildman–Crippen LogP) is 4.69. The molecule has 1 spiro atoms. The van der Waals surface area contributed by atoms with E-state index in [0.717, 1.165) is 30.5 Å². The molecule has 5 nitrogen and oxygen atoms in total. The van der Waals surface area contributed by atoms with Gasteiger partial charge in [-0.05, 0) is 68.6 Å². The van der Waals surface area contributed by atoms with E-state index in [1.165, 1.54) is 61.2 Å². The van der Waals surface area contributed by atoms with Crippen LogP contribution in [0.3, 0.4) is 0 Å². The molecule has 1 aliphatic heterocycles. The average Bonchev–Trinajstić information content (AvgIpc) is 3.15. The minimum Gasteiger partial charge on any atom is -0.393 e. The number of fused-ring (bicyclic) bond motifs is 1. The molecule has 2 aromatic carbocycles. The van der Waals surface area contributed by atoms with E-state index in [9.17, 15) is 5.11 Å². The molecule has 170 valence electrons. The van der Waals surface area contributed by atoms with Gasteiger partial charge >= 0.3 is 0 Å². The quantitative estimate of drug-likeness (QED) is 0.507. The zero-order chi connectivity index (χ0) is 22.1. The number of benzene rings is 2. The van der Waals surface area contributed by atoms with E-state index in [4.69, 9.17) is 4.98 Å². The van der Waals surface area contributed by atoms with Gasteiger partial charge in [0, 0.05) is 43.9 Å². The third kappa shape index (κ3) is 4.04. The van der Waals surface area contributed by atoms with E-state index in [1.807, 2.05) is 14.0 Å². The van der Waals surface area contributed by atoms with Crippen LogP contribution >= 0.6 is 0 Å². The van der Waals surface area contributed by atoms with Crippen LogP contribution in [-0.2, 0) is 12.8 Å². The van der Waals surface area contributed by atoms with Crippen LogP contribution in [0.1, 0.15) is 62.0 Å². The first kappa shape index (κ1) is 21.5. The number of aromatic nitrogens is 2.